The first-order valence-corrected chi connectivity index (χ1v) is 7.13. The molecule has 0 aliphatic carbocycles. The highest BCUT2D eigenvalue weighted by Crippen LogP contribution is 2.23. The molecule has 0 spiro atoms. The van der Waals surface area contributed by atoms with Gasteiger partial charge in [-0.2, -0.15) is 4.73 Å². The fourth-order valence-electron chi connectivity index (χ4n) is 1.92. The van der Waals surface area contributed by atoms with Gasteiger partial charge in [-0.15, -0.1) is 0 Å². The number of nitrogens with one attached hydrogen (secondary N) is 1. The van der Waals surface area contributed by atoms with Gasteiger partial charge in [0, 0.05) is 14.2 Å². The molecule has 0 radical (unpaired) electrons. The van der Waals surface area contributed by atoms with Crippen molar-refractivity contribution in [1.29, 1.82) is 5.41 Å². The van der Waals surface area contributed by atoms with Gasteiger partial charge in [-0.25, -0.2) is 9.97 Å². The Hall–Kier alpha value is -1.61. The first-order chi connectivity index (χ1) is 9.58. The largest absolute Gasteiger partial charge is 0.425 e. The number of nitrogens with zero attached hydrogens (tertiary/aromatic N) is 4. The molecule has 0 fully saturated rings. The van der Waals surface area contributed by atoms with Gasteiger partial charge in [0.1, 0.15) is 6.33 Å². The van der Waals surface area contributed by atoms with Crippen molar-refractivity contribution in [1.82, 2.24) is 19.3 Å². The number of rotatable bonds is 2. The molecular weight excluding hydrogens is 393 g/mol. The summed E-state index contributed by atoms with van der Waals surface area (Å²) in [5.41, 5.74) is 1.76. The summed E-state index contributed by atoms with van der Waals surface area (Å²) < 4.78 is 3.49. The Kier molecular flexibility index (Phi) is 3.38. The van der Waals surface area contributed by atoms with E-state index in [1.807, 2.05) is 18.2 Å². The average molecular weight is 402 g/mol. The van der Waals surface area contributed by atoms with Crippen LogP contribution in [0.5, 0.6) is 0 Å². The quantitative estimate of drug-likeness (QED) is 0.511. The van der Waals surface area contributed by atoms with Gasteiger partial charge in [0.2, 0.25) is 0 Å². The normalized spacial score (nSPS) is 11.1. The van der Waals surface area contributed by atoms with Crippen molar-refractivity contribution in [2.24, 2.45) is 0 Å². The Morgan fingerprint density at radius 1 is 1.30 bits per heavy atom. The smallest absolute Gasteiger partial charge is 0.192 e. The topological polar surface area (TPSA) is 79.7 Å². The predicted octanol–water partition coefficient (Wildman–Crippen LogP) is 2.26. The Labute approximate surface area is 132 Å². The summed E-state index contributed by atoms with van der Waals surface area (Å²) in [4.78, 5) is 8.23. The van der Waals surface area contributed by atoms with E-state index in [1.54, 1.807) is 10.9 Å². The molecule has 3 aromatic rings. The van der Waals surface area contributed by atoms with Crippen LogP contribution in [0.15, 0.2) is 30.9 Å². The SMILES string of the molecule is N=c1c2ncn(Cc3c(Cl)cccc3I)c2ncn1O. The molecule has 0 aliphatic heterocycles. The van der Waals surface area contributed by atoms with E-state index in [0.717, 1.165) is 9.13 Å². The Morgan fingerprint density at radius 2 is 2.10 bits per heavy atom. The number of halogens is 2. The fourth-order valence-corrected chi connectivity index (χ4v) is 2.99. The second-order valence-corrected chi connectivity index (χ2v) is 5.75. The maximum absolute atomic E-state index is 9.40. The van der Waals surface area contributed by atoms with Crippen LogP contribution in [-0.4, -0.2) is 24.5 Å². The molecule has 0 aliphatic rings. The Bertz CT molecular complexity index is 836. The molecule has 0 amide bonds. The van der Waals surface area contributed by atoms with Gasteiger partial charge in [0.05, 0.1) is 12.9 Å². The van der Waals surface area contributed by atoms with E-state index in [4.69, 9.17) is 17.0 Å². The molecular formula is C12H9ClIN5O. The molecule has 0 atom stereocenters. The van der Waals surface area contributed by atoms with E-state index < -0.39 is 0 Å². The van der Waals surface area contributed by atoms with Gasteiger partial charge in [-0.1, -0.05) is 17.7 Å². The first-order valence-electron chi connectivity index (χ1n) is 5.67. The standard InChI is InChI=1S/C12H9ClIN5O/c13-8-2-1-3-9(14)7(8)4-18-5-16-10-11(15)19(20)6-17-12(10)18/h1-3,5-6,15,20H,4H2. The van der Waals surface area contributed by atoms with Gasteiger partial charge >= 0.3 is 0 Å². The lowest BCUT2D eigenvalue weighted by Crippen LogP contribution is -2.18. The summed E-state index contributed by atoms with van der Waals surface area (Å²) >= 11 is 8.44. The third-order valence-electron chi connectivity index (χ3n) is 2.94. The second kappa shape index (κ2) is 5.06. The van der Waals surface area contributed by atoms with Crippen molar-refractivity contribution in [3.05, 3.63) is 50.5 Å². The maximum Gasteiger partial charge on any atom is 0.192 e. The summed E-state index contributed by atoms with van der Waals surface area (Å²) in [6.45, 7) is 0.510. The number of aromatic nitrogens is 4. The zero-order valence-corrected chi connectivity index (χ0v) is 13.0. The van der Waals surface area contributed by atoms with Gasteiger partial charge in [-0.3, -0.25) is 5.41 Å². The maximum atomic E-state index is 9.40. The van der Waals surface area contributed by atoms with E-state index in [1.165, 1.54) is 6.33 Å². The minimum Gasteiger partial charge on any atom is -0.425 e. The Balaban J connectivity index is 2.13. The van der Waals surface area contributed by atoms with E-state index in [2.05, 4.69) is 32.6 Å². The van der Waals surface area contributed by atoms with Gasteiger partial charge < -0.3 is 9.77 Å². The lowest BCUT2D eigenvalue weighted by molar-refractivity contribution is 0.168. The van der Waals surface area contributed by atoms with Crippen LogP contribution in [0.4, 0.5) is 0 Å². The minimum atomic E-state index is -0.0948. The van der Waals surface area contributed by atoms with Crippen LogP contribution in [0.1, 0.15) is 5.56 Å². The molecule has 1 aromatic carbocycles. The summed E-state index contributed by atoms with van der Waals surface area (Å²) in [5, 5.41) is 17.8. The minimum absolute atomic E-state index is 0.0948. The van der Waals surface area contributed by atoms with E-state index in [0.29, 0.717) is 27.5 Å². The van der Waals surface area contributed by atoms with Gasteiger partial charge in [-0.05, 0) is 34.7 Å². The molecule has 0 saturated carbocycles. The fraction of sp³-hybridized carbons (Fsp3) is 0.0833. The first kappa shape index (κ1) is 13.4. The summed E-state index contributed by atoms with van der Waals surface area (Å²) in [7, 11) is 0. The van der Waals surface area contributed by atoms with Crippen LogP contribution in [-0.2, 0) is 6.54 Å². The van der Waals surface area contributed by atoms with Gasteiger partial charge in [0.25, 0.3) is 0 Å². The molecule has 2 N–H and O–H groups in total. The van der Waals surface area contributed by atoms with Crippen molar-refractivity contribution in [3.8, 4) is 0 Å². The van der Waals surface area contributed by atoms with Crippen LogP contribution < -0.4 is 5.49 Å². The van der Waals surface area contributed by atoms with E-state index in [9.17, 15) is 5.21 Å². The zero-order chi connectivity index (χ0) is 14.3. The number of benzene rings is 1. The molecule has 0 unspecified atom stereocenters. The van der Waals surface area contributed by atoms with Gasteiger partial charge in [0.15, 0.2) is 16.7 Å². The second-order valence-electron chi connectivity index (χ2n) is 4.18. The predicted molar refractivity (Wildman–Crippen MR) is 81.8 cm³/mol. The molecule has 102 valence electrons. The van der Waals surface area contributed by atoms with Crippen LogP contribution in [0.3, 0.4) is 0 Å². The molecule has 20 heavy (non-hydrogen) atoms. The highest BCUT2D eigenvalue weighted by molar-refractivity contribution is 14.1. The third kappa shape index (κ3) is 2.16. The number of hydrogen-bond donors (Lipinski definition) is 2. The van der Waals surface area contributed by atoms with Crippen LogP contribution in [0, 0.1) is 8.98 Å². The third-order valence-corrected chi connectivity index (χ3v) is 4.31. The summed E-state index contributed by atoms with van der Waals surface area (Å²) in [6.07, 6.45) is 2.77. The molecule has 8 heteroatoms. The summed E-state index contributed by atoms with van der Waals surface area (Å²) in [6, 6.07) is 5.71. The monoisotopic (exact) mass is 401 g/mol. The number of fused-ring (bicyclic) bond motifs is 1. The summed E-state index contributed by atoms with van der Waals surface area (Å²) in [5.74, 6) is 0. The number of hydrogen-bond acceptors (Lipinski definition) is 4. The highest BCUT2D eigenvalue weighted by atomic mass is 127. The van der Waals surface area contributed by atoms with E-state index in [-0.39, 0.29) is 5.49 Å². The lowest BCUT2D eigenvalue weighted by Gasteiger charge is -2.08. The van der Waals surface area contributed by atoms with Crippen LogP contribution >= 0.6 is 34.2 Å². The van der Waals surface area contributed by atoms with Crippen molar-refractivity contribution >= 4 is 45.4 Å². The van der Waals surface area contributed by atoms with Crippen LogP contribution in [0.2, 0.25) is 5.02 Å². The van der Waals surface area contributed by atoms with Crippen molar-refractivity contribution in [2.75, 3.05) is 0 Å². The molecule has 2 heterocycles. The molecule has 3 rings (SSSR count). The molecule has 0 bridgehead atoms. The van der Waals surface area contributed by atoms with Crippen LogP contribution in [0.25, 0.3) is 11.2 Å². The molecule has 2 aromatic heterocycles. The number of imidazole rings is 1. The van der Waals surface area contributed by atoms with Crippen molar-refractivity contribution < 1.29 is 5.21 Å². The van der Waals surface area contributed by atoms with Crippen molar-refractivity contribution in [3.63, 3.8) is 0 Å². The zero-order valence-electron chi connectivity index (χ0n) is 10.1. The van der Waals surface area contributed by atoms with Crippen molar-refractivity contribution in [2.45, 2.75) is 6.54 Å². The lowest BCUT2D eigenvalue weighted by atomic mass is 10.2. The molecule has 0 saturated heterocycles. The average Bonchev–Trinajstić information content (AvgIpc) is 2.82. The van der Waals surface area contributed by atoms with E-state index >= 15 is 0 Å². The highest BCUT2D eigenvalue weighted by Gasteiger charge is 2.11. The Morgan fingerprint density at radius 3 is 2.85 bits per heavy atom. The molecule has 6 nitrogen and oxygen atoms in total.